The first-order valence-corrected chi connectivity index (χ1v) is 9.54. The molecular weight excluding hydrogens is 407 g/mol. The average molecular weight is 427 g/mol. The van der Waals surface area contributed by atoms with Crippen molar-refractivity contribution in [3.8, 4) is 0 Å². The summed E-state index contributed by atoms with van der Waals surface area (Å²) < 4.78 is 12.9. The van der Waals surface area contributed by atoms with E-state index in [-0.39, 0.29) is 6.10 Å². The third-order valence-electron chi connectivity index (χ3n) is 4.15. The first-order chi connectivity index (χ1) is 12.8. The second-order valence-electron chi connectivity index (χ2n) is 6.62. The van der Waals surface area contributed by atoms with E-state index in [9.17, 15) is 4.79 Å². The Labute approximate surface area is 174 Å². The molecule has 1 N–H and O–H groups in total. The van der Waals surface area contributed by atoms with Crippen LogP contribution in [0, 0.1) is 0 Å². The number of anilines is 1. The molecule has 1 aliphatic heterocycles. The highest BCUT2D eigenvalue weighted by molar-refractivity contribution is 7.82. The molecule has 5 nitrogen and oxygen atoms in total. The van der Waals surface area contributed by atoms with Crippen molar-refractivity contribution in [2.45, 2.75) is 31.8 Å². The van der Waals surface area contributed by atoms with Gasteiger partial charge in [-0.1, -0.05) is 66.3 Å². The predicted octanol–water partition coefficient (Wildman–Crippen LogP) is 5.25. The maximum atomic E-state index is 12.7. The van der Waals surface area contributed by atoms with Crippen molar-refractivity contribution < 1.29 is 14.3 Å². The highest BCUT2D eigenvalue weighted by Crippen LogP contribution is 2.34. The summed E-state index contributed by atoms with van der Waals surface area (Å²) in [5, 5.41) is 3.72. The summed E-state index contributed by atoms with van der Waals surface area (Å²) >= 11 is 16.4. The predicted molar refractivity (Wildman–Crippen MR) is 111 cm³/mol. The fourth-order valence-corrected chi connectivity index (χ4v) is 3.63. The molecule has 1 aliphatic rings. The zero-order chi connectivity index (χ0) is 19.6. The summed E-state index contributed by atoms with van der Waals surface area (Å²) in [6, 6.07) is 13.7. The molecule has 0 aliphatic carbocycles. The lowest BCUT2D eigenvalue weighted by atomic mass is 10.0. The van der Waals surface area contributed by atoms with Crippen LogP contribution in [0.3, 0.4) is 0 Å². The van der Waals surface area contributed by atoms with Crippen molar-refractivity contribution >= 4 is 47.7 Å². The van der Waals surface area contributed by atoms with Crippen LogP contribution in [0.2, 0.25) is 10.0 Å². The van der Waals surface area contributed by atoms with E-state index < -0.39 is 17.9 Å². The van der Waals surface area contributed by atoms with Gasteiger partial charge in [-0.2, -0.15) is 0 Å². The van der Waals surface area contributed by atoms with Gasteiger partial charge in [-0.15, -0.1) is 0 Å². The molecule has 0 aromatic heterocycles. The Hall–Kier alpha value is -1.44. The lowest BCUT2D eigenvalue weighted by Gasteiger charge is -2.41. The minimum absolute atomic E-state index is 0.300. The minimum atomic E-state index is -0.748. The highest BCUT2D eigenvalue weighted by atomic mass is 35.5. The van der Waals surface area contributed by atoms with Crippen LogP contribution >= 0.6 is 36.0 Å². The quantitative estimate of drug-likeness (QED) is 0.659. The van der Waals surface area contributed by atoms with E-state index in [1.807, 2.05) is 44.2 Å². The zero-order valence-corrected chi connectivity index (χ0v) is 17.3. The monoisotopic (exact) mass is 426 g/mol. The van der Waals surface area contributed by atoms with Gasteiger partial charge < -0.3 is 14.8 Å². The number of benzene rings is 2. The summed E-state index contributed by atoms with van der Waals surface area (Å²) in [6.07, 6.45) is -0.360. The van der Waals surface area contributed by atoms with Crippen LogP contribution in [0.5, 0.6) is 0 Å². The fraction of sp³-hybridized carbons (Fsp3) is 0.316. The van der Waals surface area contributed by atoms with Gasteiger partial charge in [-0.05, 0) is 37.6 Å². The average Bonchev–Trinajstić information content (AvgIpc) is 2.63. The molecule has 2 amide bonds. The van der Waals surface area contributed by atoms with Crippen LogP contribution in [0.1, 0.15) is 25.5 Å². The summed E-state index contributed by atoms with van der Waals surface area (Å²) in [5.74, 6) is -0.748. The Morgan fingerprint density at radius 1 is 1.22 bits per heavy atom. The number of hydrogen-bond donors (Lipinski definition) is 2. The SMILES string of the molecule is CC1(C)OCC(NC(=O)N(S)c2ccc(Cl)cc2Cl)C(c2ccccc2)O1. The van der Waals surface area contributed by atoms with E-state index in [2.05, 4.69) is 18.1 Å². The number of halogens is 2. The molecule has 8 heteroatoms. The van der Waals surface area contributed by atoms with Crippen molar-refractivity contribution in [1.82, 2.24) is 5.32 Å². The number of amides is 2. The van der Waals surface area contributed by atoms with Gasteiger partial charge in [0.05, 0.1) is 23.4 Å². The van der Waals surface area contributed by atoms with E-state index in [0.717, 1.165) is 9.87 Å². The molecule has 27 heavy (non-hydrogen) atoms. The number of thiol groups is 1. The second-order valence-corrected chi connectivity index (χ2v) is 7.87. The van der Waals surface area contributed by atoms with Crippen LogP contribution in [0.15, 0.2) is 48.5 Å². The molecule has 2 aromatic rings. The molecular formula is C19H20Cl2N2O3S. The number of ether oxygens (including phenoxy) is 2. The Morgan fingerprint density at radius 2 is 1.93 bits per heavy atom. The molecule has 144 valence electrons. The topological polar surface area (TPSA) is 50.8 Å². The first-order valence-electron chi connectivity index (χ1n) is 8.38. The normalized spacial score (nSPS) is 21.5. The number of hydrogen-bond acceptors (Lipinski definition) is 4. The van der Waals surface area contributed by atoms with E-state index in [0.29, 0.717) is 22.3 Å². The van der Waals surface area contributed by atoms with Gasteiger partial charge in [-0.25, -0.2) is 9.10 Å². The number of carbonyl (C=O) groups excluding carboxylic acids is 1. The maximum absolute atomic E-state index is 12.7. The third-order valence-corrected chi connectivity index (χ3v) is 5.09. The summed E-state index contributed by atoms with van der Waals surface area (Å²) in [5.41, 5.74) is 1.38. The number of nitrogens with zero attached hydrogens (tertiary/aromatic N) is 1. The van der Waals surface area contributed by atoms with E-state index >= 15 is 0 Å². The first kappa shape index (κ1) is 20.3. The molecule has 0 radical (unpaired) electrons. The molecule has 2 unspecified atom stereocenters. The molecule has 0 spiro atoms. The van der Waals surface area contributed by atoms with Crippen molar-refractivity contribution in [2.24, 2.45) is 0 Å². The summed E-state index contributed by atoms with van der Waals surface area (Å²) in [6.45, 7) is 3.99. The molecule has 1 saturated heterocycles. The Bertz CT molecular complexity index is 820. The fourth-order valence-electron chi connectivity index (χ4n) is 2.84. The Kier molecular flexibility index (Phi) is 6.23. The molecule has 0 saturated carbocycles. The molecule has 1 fully saturated rings. The largest absolute Gasteiger partial charge is 0.348 e. The molecule has 0 bridgehead atoms. The highest BCUT2D eigenvalue weighted by Gasteiger charge is 2.38. The minimum Gasteiger partial charge on any atom is -0.348 e. The van der Waals surface area contributed by atoms with Gasteiger partial charge in [0.25, 0.3) is 0 Å². The Morgan fingerprint density at radius 3 is 2.59 bits per heavy atom. The van der Waals surface area contributed by atoms with E-state index in [4.69, 9.17) is 32.7 Å². The summed E-state index contributed by atoms with van der Waals surface area (Å²) in [7, 11) is 0. The zero-order valence-electron chi connectivity index (χ0n) is 14.9. The summed E-state index contributed by atoms with van der Waals surface area (Å²) in [4.78, 5) is 12.7. The van der Waals surface area contributed by atoms with Crippen molar-refractivity contribution in [3.05, 3.63) is 64.1 Å². The number of carbonyl (C=O) groups is 1. The number of nitrogens with one attached hydrogen (secondary N) is 1. The molecule has 2 atom stereocenters. The van der Waals surface area contributed by atoms with Gasteiger partial charge >= 0.3 is 6.03 Å². The number of rotatable bonds is 3. The lowest BCUT2D eigenvalue weighted by molar-refractivity contribution is -0.284. The van der Waals surface area contributed by atoms with Crippen molar-refractivity contribution in [3.63, 3.8) is 0 Å². The van der Waals surface area contributed by atoms with Crippen molar-refractivity contribution in [2.75, 3.05) is 10.9 Å². The van der Waals surface area contributed by atoms with E-state index in [1.165, 1.54) is 0 Å². The van der Waals surface area contributed by atoms with Gasteiger partial charge in [0.2, 0.25) is 0 Å². The lowest BCUT2D eigenvalue weighted by Crippen LogP contribution is -2.53. The van der Waals surface area contributed by atoms with Gasteiger partial charge in [-0.3, -0.25) is 0 Å². The standard InChI is InChI=1S/C19H20Cl2N2O3S/c1-19(2)25-11-15(17(26-19)12-6-4-3-5-7-12)22-18(24)23(27)16-9-8-13(20)10-14(16)21/h3-10,15,17,27H,11H2,1-2H3,(H,22,24). The van der Waals surface area contributed by atoms with Crippen LogP contribution in [0.4, 0.5) is 10.5 Å². The van der Waals surface area contributed by atoms with Gasteiger partial charge in [0.1, 0.15) is 6.10 Å². The molecule has 1 heterocycles. The van der Waals surface area contributed by atoms with Crippen LogP contribution < -0.4 is 9.62 Å². The smallest absolute Gasteiger partial charge is 0.332 e. The molecule has 2 aromatic carbocycles. The van der Waals surface area contributed by atoms with Gasteiger partial charge in [0, 0.05) is 5.02 Å². The van der Waals surface area contributed by atoms with Gasteiger partial charge in [0.15, 0.2) is 5.79 Å². The van der Waals surface area contributed by atoms with E-state index in [1.54, 1.807) is 18.2 Å². The van der Waals surface area contributed by atoms with Crippen LogP contribution in [0.25, 0.3) is 0 Å². The third kappa shape index (κ3) is 4.89. The maximum Gasteiger partial charge on any atom is 0.332 e. The van der Waals surface area contributed by atoms with Crippen LogP contribution in [-0.4, -0.2) is 24.5 Å². The number of urea groups is 1. The molecule has 3 rings (SSSR count). The van der Waals surface area contributed by atoms with Crippen molar-refractivity contribution in [1.29, 1.82) is 0 Å². The van der Waals surface area contributed by atoms with Crippen LogP contribution in [-0.2, 0) is 9.47 Å². The Balaban J connectivity index is 1.78. The second kappa shape index (κ2) is 8.29.